The lowest BCUT2D eigenvalue weighted by Crippen LogP contribution is -1.99. The molecule has 0 unspecified atom stereocenters. The second kappa shape index (κ2) is 7.91. The van der Waals surface area contributed by atoms with Crippen LogP contribution in [0.5, 0.6) is 11.5 Å². The van der Waals surface area contributed by atoms with E-state index >= 15 is 0 Å². The van der Waals surface area contributed by atoms with Crippen LogP contribution in [-0.2, 0) is 6.61 Å². The van der Waals surface area contributed by atoms with Crippen LogP contribution in [0.1, 0.15) is 11.1 Å². The van der Waals surface area contributed by atoms with E-state index in [1.165, 1.54) is 4.68 Å². The molecule has 1 aromatic heterocycles. The van der Waals surface area contributed by atoms with Gasteiger partial charge in [-0.05, 0) is 53.8 Å². The summed E-state index contributed by atoms with van der Waals surface area (Å²) in [5.41, 5.74) is 1.91. The zero-order chi connectivity index (χ0) is 17.6. The molecule has 0 fully saturated rings. The number of hydrogen-bond acceptors (Lipinski definition) is 5. The van der Waals surface area contributed by atoms with Gasteiger partial charge in [-0.15, -0.1) is 0 Å². The minimum atomic E-state index is 0.398. The van der Waals surface area contributed by atoms with Gasteiger partial charge in [0.1, 0.15) is 6.61 Å². The van der Waals surface area contributed by atoms with E-state index in [4.69, 9.17) is 33.9 Å². The lowest BCUT2D eigenvalue weighted by molar-refractivity contribution is 0.284. The molecule has 0 radical (unpaired) electrons. The van der Waals surface area contributed by atoms with Crippen molar-refractivity contribution in [2.24, 2.45) is 5.10 Å². The molecular formula is C17H16N4O2S2. The molecule has 0 amide bonds. The number of aromatic nitrogens is 3. The van der Waals surface area contributed by atoms with Crippen LogP contribution in [0.4, 0.5) is 0 Å². The Kier molecular flexibility index (Phi) is 5.42. The topological polar surface area (TPSA) is 67.3 Å². The van der Waals surface area contributed by atoms with Crippen LogP contribution >= 0.6 is 24.4 Å². The third-order valence-electron chi connectivity index (χ3n) is 3.41. The van der Waals surface area contributed by atoms with Crippen LogP contribution < -0.4 is 9.47 Å². The van der Waals surface area contributed by atoms with Gasteiger partial charge in [-0.25, -0.2) is 0 Å². The highest BCUT2D eigenvalue weighted by molar-refractivity contribution is 7.72. The Morgan fingerprint density at radius 3 is 2.44 bits per heavy atom. The predicted octanol–water partition coefficient (Wildman–Crippen LogP) is 4.07. The highest BCUT2D eigenvalue weighted by Gasteiger charge is 2.06. The first kappa shape index (κ1) is 17.1. The highest BCUT2D eigenvalue weighted by atomic mass is 32.1. The Bertz CT molecular complexity index is 962. The summed E-state index contributed by atoms with van der Waals surface area (Å²) >= 11 is 10.2. The number of aromatic amines is 2. The van der Waals surface area contributed by atoms with Crippen molar-refractivity contribution in [3.05, 3.63) is 69.2 Å². The molecule has 0 saturated heterocycles. The van der Waals surface area contributed by atoms with Gasteiger partial charge in [0.15, 0.2) is 11.5 Å². The second-order valence-electron chi connectivity index (χ2n) is 5.10. The fourth-order valence-corrected chi connectivity index (χ4v) is 2.59. The summed E-state index contributed by atoms with van der Waals surface area (Å²) in [7, 11) is 1.61. The highest BCUT2D eigenvalue weighted by Crippen LogP contribution is 2.28. The maximum Gasteiger partial charge on any atom is 0.215 e. The fourth-order valence-electron chi connectivity index (χ4n) is 2.16. The van der Waals surface area contributed by atoms with Gasteiger partial charge in [0, 0.05) is 0 Å². The zero-order valence-electron chi connectivity index (χ0n) is 13.4. The van der Waals surface area contributed by atoms with E-state index < -0.39 is 0 Å². The predicted molar refractivity (Wildman–Crippen MR) is 102 cm³/mol. The average molecular weight is 372 g/mol. The summed E-state index contributed by atoms with van der Waals surface area (Å²) < 4.78 is 13.5. The molecule has 0 bridgehead atoms. The molecule has 2 N–H and O–H groups in total. The molecule has 2 aromatic carbocycles. The fraction of sp³-hybridized carbons (Fsp3) is 0.118. The minimum absolute atomic E-state index is 0.398. The number of methoxy groups -OCH3 is 1. The van der Waals surface area contributed by atoms with Crippen LogP contribution in [0.3, 0.4) is 0 Å². The second-order valence-corrected chi connectivity index (χ2v) is 5.87. The Morgan fingerprint density at radius 2 is 1.76 bits per heavy atom. The van der Waals surface area contributed by atoms with E-state index in [0.29, 0.717) is 27.6 Å². The van der Waals surface area contributed by atoms with Crippen LogP contribution in [0.15, 0.2) is 53.6 Å². The molecule has 0 aliphatic heterocycles. The molecule has 1 heterocycles. The summed E-state index contributed by atoms with van der Waals surface area (Å²) in [5, 5.41) is 9.74. The summed E-state index contributed by atoms with van der Waals surface area (Å²) in [5.74, 6) is 1.29. The van der Waals surface area contributed by atoms with E-state index in [1.54, 1.807) is 13.3 Å². The lowest BCUT2D eigenvalue weighted by atomic mass is 10.2. The van der Waals surface area contributed by atoms with Crippen molar-refractivity contribution in [2.75, 3.05) is 7.11 Å². The largest absolute Gasteiger partial charge is 0.493 e. The van der Waals surface area contributed by atoms with Crippen molar-refractivity contribution in [1.29, 1.82) is 0 Å². The summed E-state index contributed by atoms with van der Waals surface area (Å²) in [6.45, 7) is 0.450. The van der Waals surface area contributed by atoms with Gasteiger partial charge in [-0.2, -0.15) is 9.78 Å². The normalized spacial score (nSPS) is 10.9. The van der Waals surface area contributed by atoms with E-state index in [-0.39, 0.29) is 0 Å². The molecule has 0 aliphatic carbocycles. The molecule has 3 rings (SSSR count). The van der Waals surface area contributed by atoms with Gasteiger partial charge in [0.2, 0.25) is 9.54 Å². The summed E-state index contributed by atoms with van der Waals surface area (Å²) in [4.78, 5) is 0. The van der Waals surface area contributed by atoms with Crippen LogP contribution in [0.2, 0.25) is 0 Å². The van der Waals surface area contributed by atoms with Gasteiger partial charge in [-0.3, -0.25) is 10.2 Å². The first-order chi connectivity index (χ1) is 12.2. The summed E-state index contributed by atoms with van der Waals surface area (Å²) in [6.07, 6.45) is 1.65. The van der Waals surface area contributed by atoms with Crippen LogP contribution in [0, 0.1) is 9.54 Å². The number of nitrogens with zero attached hydrogens (tertiary/aromatic N) is 2. The molecule has 0 spiro atoms. The smallest absolute Gasteiger partial charge is 0.215 e. The van der Waals surface area contributed by atoms with Crippen molar-refractivity contribution >= 4 is 30.7 Å². The molecule has 25 heavy (non-hydrogen) atoms. The van der Waals surface area contributed by atoms with E-state index in [0.717, 1.165) is 11.1 Å². The Hall–Kier alpha value is -2.71. The standard InChI is InChI=1S/C17H16N4O2S2/c1-22-14-8-7-13(10-18-21-16(24)19-20-17(21)25)9-15(14)23-11-12-5-3-2-4-6-12/h2-10H,11H2,1H3,(H,19,24)(H,20,25)/b18-10-. The number of hydrogen-bond donors (Lipinski definition) is 2. The van der Waals surface area contributed by atoms with Crippen molar-refractivity contribution in [3.63, 3.8) is 0 Å². The Labute approximate surface area is 154 Å². The number of H-pyrrole nitrogens is 2. The zero-order valence-corrected chi connectivity index (χ0v) is 15.1. The van der Waals surface area contributed by atoms with Crippen molar-refractivity contribution in [2.45, 2.75) is 6.61 Å². The minimum Gasteiger partial charge on any atom is -0.493 e. The Balaban J connectivity index is 1.82. The number of benzene rings is 2. The van der Waals surface area contributed by atoms with E-state index in [1.807, 2.05) is 48.5 Å². The molecular weight excluding hydrogens is 356 g/mol. The maximum absolute atomic E-state index is 5.89. The van der Waals surface area contributed by atoms with Gasteiger partial charge in [0.25, 0.3) is 0 Å². The number of ether oxygens (including phenoxy) is 2. The van der Waals surface area contributed by atoms with E-state index in [9.17, 15) is 0 Å². The van der Waals surface area contributed by atoms with Gasteiger partial charge in [0.05, 0.1) is 13.3 Å². The lowest BCUT2D eigenvalue weighted by Gasteiger charge is -2.11. The molecule has 6 nitrogen and oxygen atoms in total. The van der Waals surface area contributed by atoms with Gasteiger partial charge >= 0.3 is 0 Å². The number of nitrogens with one attached hydrogen (secondary N) is 2. The summed E-state index contributed by atoms with van der Waals surface area (Å²) in [6, 6.07) is 15.5. The SMILES string of the molecule is COc1ccc(/C=N\n2c(=S)[nH][nH]c2=S)cc1OCc1ccccc1. The molecule has 128 valence electrons. The van der Waals surface area contributed by atoms with Crippen molar-refractivity contribution < 1.29 is 9.47 Å². The molecule has 0 atom stereocenters. The van der Waals surface area contributed by atoms with Crippen molar-refractivity contribution in [1.82, 2.24) is 14.9 Å². The molecule has 0 saturated carbocycles. The molecule has 0 aliphatic rings. The van der Waals surface area contributed by atoms with E-state index in [2.05, 4.69) is 15.3 Å². The first-order valence-electron chi connectivity index (χ1n) is 7.46. The number of rotatable bonds is 6. The van der Waals surface area contributed by atoms with Crippen LogP contribution in [-0.4, -0.2) is 28.2 Å². The third-order valence-corrected chi connectivity index (χ3v) is 3.96. The maximum atomic E-state index is 5.89. The first-order valence-corrected chi connectivity index (χ1v) is 8.28. The molecule has 8 heteroatoms. The third kappa shape index (κ3) is 4.23. The Morgan fingerprint density at radius 1 is 1.04 bits per heavy atom. The molecule has 3 aromatic rings. The average Bonchev–Trinajstić information content (AvgIpc) is 2.97. The quantitative estimate of drug-likeness (QED) is 0.505. The van der Waals surface area contributed by atoms with Crippen LogP contribution in [0.25, 0.3) is 0 Å². The van der Waals surface area contributed by atoms with Gasteiger partial charge in [-0.1, -0.05) is 30.3 Å². The van der Waals surface area contributed by atoms with Crippen molar-refractivity contribution in [3.8, 4) is 11.5 Å². The monoisotopic (exact) mass is 372 g/mol. The van der Waals surface area contributed by atoms with Gasteiger partial charge < -0.3 is 9.47 Å².